The van der Waals surface area contributed by atoms with Crippen LogP contribution >= 0.6 is 0 Å². The van der Waals surface area contributed by atoms with E-state index in [1.165, 1.54) is 108 Å². The third-order valence-electron chi connectivity index (χ3n) is 5.64. The van der Waals surface area contributed by atoms with Crippen LogP contribution in [-0.2, 0) is 0 Å². The van der Waals surface area contributed by atoms with Crippen LogP contribution in [-0.4, -0.2) is 17.2 Å². The van der Waals surface area contributed by atoms with E-state index in [0.717, 1.165) is 6.54 Å². The number of hydrogen-bond acceptors (Lipinski definition) is 3. The highest BCUT2D eigenvalue weighted by atomic mass is 15.3. The van der Waals surface area contributed by atoms with Crippen molar-refractivity contribution < 1.29 is 0 Å². The predicted molar refractivity (Wildman–Crippen MR) is 122 cm³/mol. The van der Waals surface area contributed by atoms with Gasteiger partial charge in [0.2, 0.25) is 0 Å². The Hall–Kier alpha value is -1.64. The summed E-state index contributed by atoms with van der Waals surface area (Å²) in [6.07, 6.45) is 27.7. The van der Waals surface area contributed by atoms with E-state index < -0.39 is 0 Å². The fourth-order valence-corrected chi connectivity index (χ4v) is 3.94. The molecule has 2 aliphatic rings. The van der Waals surface area contributed by atoms with Gasteiger partial charge in [0.15, 0.2) is 0 Å². The molecule has 3 heteroatoms. The van der Waals surface area contributed by atoms with Crippen LogP contribution in [0, 0.1) is 0 Å². The number of hydrogen-bond donors (Lipinski definition) is 1. The molecule has 0 atom stereocenters. The molecule has 3 rings (SSSR count). The summed E-state index contributed by atoms with van der Waals surface area (Å²) in [4.78, 5) is 3.78. The summed E-state index contributed by atoms with van der Waals surface area (Å²) in [5.74, 6) is 0. The highest BCUT2D eigenvalue weighted by Gasteiger charge is 2.09. The van der Waals surface area contributed by atoms with E-state index in [4.69, 9.17) is 5.10 Å². The van der Waals surface area contributed by atoms with Gasteiger partial charge in [-0.2, -0.15) is 5.10 Å². The summed E-state index contributed by atoms with van der Waals surface area (Å²) in [6, 6.07) is 5.72. The van der Waals surface area contributed by atoms with Crippen LogP contribution in [0.1, 0.15) is 103 Å². The van der Waals surface area contributed by atoms with E-state index in [1.807, 2.05) is 18.2 Å². The number of hydrazone groups is 1. The van der Waals surface area contributed by atoms with Gasteiger partial charge in [0, 0.05) is 18.9 Å². The molecular formula is C25H41N3. The maximum Gasteiger partial charge on any atom is 0.0631 e. The number of aromatic nitrogens is 1. The zero-order chi connectivity index (χ0) is 19.5. The van der Waals surface area contributed by atoms with Crippen molar-refractivity contribution in [1.29, 1.82) is 0 Å². The Labute approximate surface area is 173 Å². The molecule has 1 N–H and O–H groups in total. The van der Waals surface area contributed by atoms with Gasteiger partial charge in [-0.3, -0.25) is 4.98 Å². The Morgan fingerprint density at radius 1 is 0.607 bits per heavy atom. The van der Waals surface area contributed by atoms with E-state index in [0.29, 0.717) is 0 Å². The summed E-state index contributed by atoms with van der Waals surface area (Å²) in [7, 11) is 0. The van der Waals surface area contributed by atoms with Gasteiger partial charge in [-0.1, -0.05) is 69.9 Å². The Morgan fingerprint density at radius 3 is 1.86 bits per heavy atom. The average molecular weight is 384 g/mol. The topological polar surface area (TPSA) is 37.3 Å². The van der Waals surface area contributed by atoms with Crippen LogP contribution in [0.2, 0.25) is 0 Å². The number of allylic oxidation sites excluding steroid dienone is 2. The van der Waals surface area contributed by atoms with E-state index in [1.54, 1.807) is 18.0 Å². The van der Waals surface area contributed by atoms with E-state index >= 15 is 0 Å². The molecule has 3 nitrogen and oxygen atoms in total. The molecule has 0 fully saturated rings. The normalized spacial score (nSPS) is 20.6. The van der Waals surface area contributed by atoms with Gasteiger partial charge in [0.1, 0.15) is 0 Å². The monoisotopic (exact) mass is 383 g/mol. The van der Waals surface area contributed by atoms with Crippen molar-refractivity contribution in [3.63, 3.8) is 0 Å². The lowest BCUT2D eigenvalue weighted by Crippen LogP contribution is -2.14. The minimum absolute atomic E-state index is 1.05. The molecule has 0 bridgehead atoms. The van der Waals surface area contributed by atoms with Crippen molar-refractivity contribution in [1.82, 2.24) is 10.4 Å². The summed E-state index contributed by atoms with van der Waals surface area (Å²) >= 11 is 0. The molecule has 2 heterocycles. The molecule has 1 aliphatic heterocycles. The van der Waals surface area contributed by atoms with E-state index in [9.17, 15) is 0 Å². The van der Waals surface area contributed by atoms with Crippen LogP contribution in [0.25, 0.3) is 0 Å². The first kappa shape index (κ1) is 22.6. The number of nitrogens with one attached hydrogen (secondary N) is 1. The maximum atomic E-state index is 4.80. The first-order valence-electron chi connectivity index (χ1n) is 11.8. The third kappa shape index (κ3) is 11.3. The van der Waals surface area contributed by atoms with Crippen molar-refractivity contribution in [2.45, 2.75) is 103 Å². The number of rotatable bonds is 1. The lowest BCUT2D eigenvalue weighted by Gasteiger charge is -2.12. The minimum Gasteiger partial charge on any atom is -0.310 e. The fourth-order valence-electron chi connectivity index (χ4n) is 3.94. The van der Waals surface area contributed by atoms with Crippen molar-refractivity contribution in [2.75, 3.05) is 6.54 Å². The smallest absolute Gasteiger partial charge is 0.0631 e. The van der Waals surface area contributed by atoms with Gasteiger partial charge in [-0.15, -0.1) is 0 Å². The zero-order valence-corrected chi connectivity index (χ0v) is 17.9. The van der Waals surface area contributed by atoms with Gasteiger partial charge in [-0.25, -0.2) is 0 Å². The SMILES string of the molecule is C1=C(C2=NNCCCCCCCC2)CCCCCCCCC1.c1ccncc1. The molecule has 0 saturated heterocycles. The summed E-state index contributed by atoms with van der Waals surface area (Å²) in [5, 5.41) is 4.80. The summed E-state index contributed by atoms with van der Waals surface area (Å²) in [5.41, 5.74) is 6.29. The Balaban J connectivity index is 0.000000397. The lowest BCUT2D eigenvalue weighted by atomic mass is 9.97. The molecule has 0 saturated carbocycles. The largest absolute Gasteiger partial charge is 0.310 e. The Bertz CT molecular complexity index is 475. The molecule has 0 amide bonds. The second kappa shape index (κ2) is 16.3. The summed E-state index contributed by atoms with van der Waals surface area (Å²) < 4.78 is 0. The first-order valence-corrected chi connectivity index (χ1v) is 11.8. The molecule has 1 aromatic heterocycles. The molecular weight excluding hydrogens is 342 g/mol. The van der Waals surface area contributed by atoms with Gasteiger partial charge in [-0.05, 0) is 62.7 Å². The van der Waals surface area contributed by atoms with Crippen LogP contribution in [0.3, 0.4) is 0 Å². The molecule has 0 unspecified atom stereocenters. The lowest BCUT2D eigenvalue weighted by molar-refractivity contribution is 0.586. The first-order chi connectivity index (χ1) is 14.0. The predicted octanol–water partition coefficient (Wildman–Crippen LogP) is 7.21. The molecule has 28 heavy (non-hydrogen) atoms. The molecule has 1 aliphatic carbocycles. The van der Waals surface area contributed by atoms with Crippen molar-refractivity contribution in [3.05, 3.63) is 42.2 Å². The minimum atomic E-state index is 1.05. The van der Waals surface area contributed by atoms with E-state index in [2.05, 4.69) is 16.5 Å². The molecule has 0 aromatic carbocycles. The van der Waals surface area contributed by atoms with Gasteiger partial charge < -0.3 is 5.43 Å². The third-order valence-corrected chi connectivity index (χ3v) is 5.64. The quantitative estimate of drug-likeness (QED) is 0.556. The van der Waals surface area contributed by atoms with Crippen LogP contribution in [0.15, 0.2) is 47.3 Å². The van der Waals surface area contributed by atoms with Crippen LogP contribution in [0.5, 0.6) is 0 Å². The second-order valence-electron chi connectivity index (χ2n) is 8.11. The summed E-state index contributed by atoms with van der Waals surface area (Å²) in [6.45, 7) is 1.05. The fraction of sp³-hybridized carbons (Fsp3) is 0.680. The van der Waals surface area contributed by atoms with Crippen molar-refractivity contribution in [3.8, 4) is 0 Å². The van der Waals surface area contributed by atoms with Gasteiger partial charge in [0.25, 0.3) is 0 Å². The Morgan fingerprint density at radius 2 is 1.21 bits per heavy atom. The highest BCUT2D eigenvalue weighted by molar-refractivity contribution is 5.99. The van der Waals surface area contributed by atoms with Gasteiger partial charge >= 0.3 is 0 Å². The van der Waals surface area contributed by atoms with Gasteiger partial charge in [0.05, 0.1) is 5.71 Å². The molecule has 0 radical (unpaired) electrons. The zero-order valence-electron chi connectivity index (χ0n) is 17.9. The number of nitrogens with zero attached hydrogens (tertiary/aromatic N) is 2. The van der Waals surface area contributed by atoms with Crippen molar-refractivity contribution in [2.24, 2.45) is 5.10 Å². The maximum absolute atomic E-state index is 4.80. The second-order valence-corrected chi connectivity index (χ2v) is 8.11. The van der Waals surface area contributed by atoms with Crippen LogP contribution in [0.4, 0.5) is 0 Å². The molecule has 0 spiro atoms. The molecule has 1 aromatic rings. The number of pyridine rings is 1. The Kier molecular flexibility index (Phi) is 13.2. The highest BCUT2D eigenvalue weighted by Crippen LogP contribution is 2.20. The average Bonchev–Trinajstić information content (AvgIpc) is 2.85. The molecule has 156 valence electrons. The van der Waals surface area contributed by atoms with Crippen LogP contribution < -0.4 is 5.43 Å². The van der Waals surface area contributed by atoms with Crippen molar-refractivity contribution >= 4 is 5.71 Å². The van der Waals surface area contributed by atoms with E-state index in [-0.39, 0.29) is 0 Å². The standard InChI is InChI=1S/C20H36N2.C5H5N/c1-2-4-8-12-16-19(15-11-7-3-1)20-17-13-9-5-6-10-14-18-21-22-20;1-2-4-6-5-3-1/h15,21H,1-14,16-18H2;1-5H.